The summed E-state index contributed by atoms with van der Waals surface area (Å²) in [6.45, 7) is 1.62. The van der Waals surface area contributed by atoms with Crippen LogP contribution in [-0.2, 0) is 11.2 Å². The number of ether oxygens (including phenoxy) is 1. The van der Waals surface area contributed by atoms with Crippen molar-refractivity contribution >= 4 is 33.2 Å². The number of thiophene rings is 1. The molecule has 1 saturated heterocycles. The Kier molecular flexibility index (Phi) is 6.89. The van der Waals surface area contributed by atoms with Crippen LogP contribution < -0.4 is 5.32 Å². The van der Waals surface area contributed by atoms with Gasteiger partial charge in [-0.05, 0) is 42.7 Å². The highest BCUT2D eigenvalue weighted by Gasteiger charge is 2.30. The van der Waals surface area contributed by atoms with E-state index in [9.17, 15) is 9.59 Å². The number of rotatable bonds is 7. The zero-order valence-corrected chi connectivity index (χ0v) is 18.4. The van der Waals surface area contributed by atoms with Gasteiger partial charge in [0, 0.05) is 43.3 Å². The summed E-state index contributed by atoms with van der Waals surface area (Å²) < 4.78 is 6.14. The van der Waals surface area contributed by atoms with E-state index in [1.54, 1.807) is 19.5 Å². The standard InChI is InChI=1S/C23H26N4O3S/c1-30-13-11-26-22(28)21-18(17-7-2-3-8-20(17)31-21)14-16-6-4-5-12-27(16)23(29)19-15-24-9-10-25-19/h2-3,7-10,15-16H,4-6,11-14H2,1H3,(H,26,28). The Labute approximate surface area is 185 Å². The second-order valence-electron chi connectivity index (χ2n) is 7.60. The summed E-state index contributed by atoms with van der Waals surface area (Å²) in [5.74, 6) is -0.181. The minimum absolute atomic E-state index is 0.0202. The number of fused-ring (bicyclic) bond motifs is 1. The topological polar surface area (TPSA) is 84.4 Å². The summed E-state index contributed by atoms with van der Waals surface area (Å²) in [4.78, 5) is 36.9. The number of hydrogen-bond donors (Lipinski definition) is 1. The first-order valence-electron chi connectivity index (χ1n) is 10.5. The monoisotopic (exact) mass is 438 g/mol. The summed E-state index contributed by atoms with van der Waals surface area (Å²) in [6, 6.07) is 8.10. The number of amides is 2. The lowest BCUT2D eigenvalue weighted by molar-refractivity contribution is 0.0607. The zero-order chi connectivity index (χ0) is 21.6. The van der Waals surface area contributed by atoms with Crippen LogP contribution in [-0.4, -0.2) is 59.5 Å². The van der Waals surface area contributed by atoms with Gasteiger partial charge in [-0.2, -0.15) is 0 Å². The SMILES string of the molecule is COCCNC(=O)c1sc2ccccc2c1CC1CCCCN1C(=O)c1cnccn1. The molecule has 0 spiro atoms. The van der Waals surface area contributed by atoms with E-state index in [2.05, 4.69) is 21.4 Å². The summed E-state index contributed by atoms with van der Waals surface area (Å²) in [7, 11) is 1.61. The number of piperidine rings is 1. The normalized spacial score (nSPS) is 16.4. The van der Waals surface area contributed by atoms with Gasteiger partial charge in [0.25, 0.3) is 11.8 Å². The van der Waals surface area contributed by atoms with Crippen LogP contribution in [0.2, 0.25) is 0 Å². The van der Waals surface area contributed by atoms with E-state index < -0.39 is 0 Å². The minimum Gasteiger partial charge on any atom is -0.383 e. The Morgan fingerprint density at radius 3 is 2.94 bits per heavy atom. The van der Waals surface area contributed by atoms with Crippen LogP contribution in [0.15, 0.2) is 42.9 Å². The number of benzene rings is 1. The number of hydrogen-bond acceptors (Lipinski definition) is 6. The lowest BCUT2D eigenvalue weighted by Gasteiger charge is -2.35. The highest BCUT2D eigenvalue weighted by Crippen LogP contribution is 2.34. The molecule has 1 aliphatic heterocycles. The molecular formula is C23H26N4O3S. The average Bonchev–Trinajstić information content (AvgIpc) is 3.18. The quantitative estimate of drug-likeness (QED) is 0.572. The van der Waals surface area contributed by atoms with Gasteiger partial charge >= 0.3 is 0 Å². The largest absolute Gasteiger partial charge is 0.383 e. The Bertz CT molecular complexity index is 1050. The number of carbonyl (C=O) groups excluding carboxylic acids is 2. The second-order valence-corrected chi connectivity index (χ2v) is 8.65. The predicted octanol–water partition coefficient (Wildman–Crippen LogP) is 3.30. The van der Waals surface area contributed by atoms with E-state index in [0.717, 1.165) is 39.8 Å². The highest BCUT2D eigenvalue weighted by atomic mass is 32.1. The Morgan fingerprint density at radius 1 is 1.26 bits per heavy atom. The number of nitrogens with one attached hydrogen (secondary N) is 1. The number of methoxy groups -OCH3 is 1. The maximum atomic E-state index is 13.1. The molecular weight excluding hydrogens is 412 g/mol. The van der Waals surface area contributed by atoms with Crippen LogP contribution in [0, 0.1) is 0 Å². The maximum absolute atomic E-state index is 13.1. The van der Waals surface area contributed by atoms with E-state index in [1.165, 1.54) is 17.5 Å². The first-order valence-corrected chi connectivity index (χ1v) is 11.3. The number of likely N-dealkylation sites (tertiary alicyclic amines) is 1. The molecule has 3 aromatic rings. The van der Waals surface area contributed by atoms with Crippen LogP contribution in [0.1, 0.15) is 45.0 Å². The molecule has 0 bridgehead atoms. The lowest BCUT2D eigenvalue weighted by atomic mass is 9.93. The van der Waals surface area contributed by atoms with Gasteiger partial charge < -0.3 is 15.0 Å². The molecule has 0 radical (unpaired) electrons. The molecule has 1 N–H and O–H groups in total. The molecule has 2 aromatic heterocycles. The van der Waals surface area contributed by atoms with Crippen molar-refractivity contribution in [2.45, 2.75) is 31.7 Å². The first kappa shape index (κ1) is 21.4. The molecule has 0 saturated carbocycles. The molecule has 1 aromatic carbocycles. The fourth-order valence-corrected chi connectivity index (χ4v) is 5.25. The van der Waals surface area contributed by atoms with Gasteiger partial charge in [0.15, 0.2) is 0 Å². The van der Waals surface area contributed by atoms with Crippen LogP contribution in [0.25, 0.3) is 10.1 Å². The van der Waals surface area contributed by atoms with Crippen molar-refractivity contribution in [2.75, 3.05) is 26.8 Å². The van der Waals surface area contributed by atoms with Gasteiger partial charge in [0.05, 0.1) is 17.7 Å². The fourth-order valence-electron chi connectivity index (χ4n) is 4.10. The molecule has 1 unspecified atom stereocenters. The smallest absolute Gasteiger partial charge is 0.274 e. The Hall–Kier alpha value is -2.84. The Balaban J connectivity index is 1.63. The summed E-state index contributed by atoms with van der Waals surface area (Å²) in [5, 5.41) is 4.03. The van der Waals surface area contributed by atoms with Gasteiger partial charge in [0.2, 0.25) is 0 Å². The van der Waals surface area contributed by atoms with Gasteiger partial charge in [-0.25, -0.2) is 4.98 Å². The third-order valence-electron chi connectivity index (χ3n) is 5.61. The number of aromatic nitrogens is 2. The van der Waals surface area contributed by atoms with E-state index >= 15 is 0 Å². The number of nitrogens with zero attached hydrogens (tertiary/aromatic N) is 3. The van der Waals surface area contributed by atoms with E-state index in [-0.39, 0.29) is 17.9 Å². The molecule has 1 atom stereocenters. The van der Waals surface area contributed by atoms with Crippen LogP contribution >= 0.6 is 11.3 Å². The summed E-state index contributed by atoms with van der Waals surface area (Å²) >= 11 is 1.51. The van der Waals surface area contributed by atoms with Crippen LogP contribution in [0.4, 0.5) is 0 Å². The van der Waals surface area contributed by atoms with Crippen molar-refractivity contribution in [3.63, 3.8) is 0 Å². The van der Waals surface area contributed by atoms with Crippen molar-refractivity contribution in [1.29, 1.82) is 0 Å². The second kappa shape index (κ2) is 9.98. The third kappa shape index (κ3) is 4.75. The average molecular weight is 439 g/mol. The fraction of sp³-hybridized carbons (Fsp3) is 0.391. The third-order valence-corrected chi connectivity index (χ3v) is 6.82. The molecule has 1 aliphatic rings. The van der Waals surface area contributed by atoms with E-state index in [4.69, 9.17) is 4.74 Å². The molecule has 4 rings (SSSR count). The van der Waals surface area contributed by atoms with E-state index in [1.807, 2.05) is 23.1 Å². The predicted molar refractivity (Wildman–Crippen MR) is 120 cm³/mol. The van der Waals surface area contributed by atoms with Crippen molar-refractivity contribution in [1.82, 2.24) is 20.2 Å². The van der Waals surface area contributed by atoms with Gasteiger partial charge in [-0.1, -0.05) is 18.2 Å². The van der Waals surface area contributed by atoms with Crippen LogP contribution in [0.3, 0.4) is 0 Å². The number of carbonyl (C=O) groups is 2. The van der Waals surface area contributed by atoms with Crippen molar-refractivity contribution in [3.05, 3.63) is 59.0 Å². The summed E-state index contributed by atoms with van der Waals surface area (Å²) in [6.07, 6.45) is 8.20. The van der Waals surface area contributed by atoms with Gasteiger partial charge in [0.1, 0.15) is 5.69 Å². The van der Waals surface area contributed by atoms with E-state index in [0.29, 0.717) is 31.8 Å². The molecule has 0 aliphatic carbocycles. The molecule has 162 valence electrons. The van der Waals surface area contributed by atoms with Gasteiger partial charge in [-0.3, -0.25) is 14.6 Å². The molecule has 31 heavy (non-hydrogen) atoms. The molecule has 8 heteroatoms. The maximum Gasteiger partial charge on any atom is 0.274 e. The van der Waals surface area contributed by atoms with Crippen LogP contribution in [0.5, 0.6) is 0 Å². The molecule has 3 heterocycles. The van der Waals surface area contributed by atoms with Crippen molar-refractivity contribution < 1.29 is 14.3 Å². The lowest BCUT2D eigenvalue weighted by Crippen LogP contribution is -2.45. The molecule has 7 nitrogen and oxygen atoms in total. The van der Waals surface area contributed by atoms with Crippen molar-refractivity contribution in [3.8, 4) is 0 Å². The van der Waals surface area contributed by atoms with Crippen molar-refractivity contribution in [2.24, 2.45) is 0 Å². The molecule has 1 fully saturated rings. The first-order chi connectivity index (χ1) is 15.2. The zero-order valence-electron chi connectivity index (χ0n) is 17.5. The minimum atomic E-state index is -0.0940. The van der Waals surface area contributed by atoms with Gasteiger partial charge in [-0.15, -0.1) is 11.3 Å². The summed E-state index contributed by atoms with van der Waals surface area (Å²) in [5.41, 5.74) is 1.38. The molecule has 2 amide bonds. The highest BCUT2D eigenvalue weighted by molar-refractivity contribution is 7.21. The Morgan fingerprint density at radius 2 is 2.13 bits per heavy atom.